The molecule has 2 aromatic heterocycles. The fraction of sp³-hybridized carbons (Fsp3) is 0.333. The Hall–Kier alpha value is -3.29. The van der Waals surface area contributed by atoms with E-state index in [1.165, 1.54) is 22.9 Å². The van der Waals surface area contributed by atoms with Gasteiger partial charge in [-0.25, -0.2) is 19.2 Å². The quantitative estimate of drug-likeness (QED) is 0.662. The summed E-state index contributed by atoms with van der Waals surface area (Å²) in [6.45, 7) is 2.40. The number of nitrogens with zero attached hydrogens (tertiary/aromatic N) is 4. The van der Waals surface area contributed by atoms with Gasteiger partial charge >= 0.3 is 5.69 Å². The van der Waals surface area contributed by atoms with E-state index in [1.54, 1.807) is 29.4 Å². The zero-order chi connectivity index (χ0) is 20.4. The highest BCUT2D eigenvalue weighted by Gasteiger charge is 2.44. The van der Waals surface area contributed by atoms with Gasteiger partial charge in [0.25, 0.3) is 0 Å². The third-order valence-electron chi connectivity index (χ3n) is 5.31. The molecule has 0 bridgehead atoms. The summed E-state index contributed by atoms with van der Waals surface area (Å²) in [5, 5.41) is 0. The number of aromatic nitrogens is 3. The van der Waals surface area contributed by atoms with Crippen LogP contribution in [-0.2, 0) is 23.3 Å². The van der Waals surface area contributed by atoms with Crippen molar-refractivity contribution >= 4 is 5.91 Å². The molecule has 0 saturated carbocycles. The first kappa shape index (κ1) is 19.0. The highest BCUT2D eigenvalue weighted by molar-refractivity contribution is 5.77. The van der Waals surface area contributed by atoms with Crippen LogP contribution < -0.4 is 5.69 Å². The molecule has 1 atom stereocenters. The van der Waals surface area contributed by atoms with Gasteiger partial charge in [0.05, 0.1) is 6.20 Å². The van der Waals surface area contributed by atoms with Gasteiger partial charge in [0.2, 0.25) is 11.8 Å². The Kier molecular flexibility index (Phi) is 5.00. The number of amides is 1. The van der Waals surface area contributed by atoms with Gasteiger partial charge in [-0.1, -0.05) is 12.1 Å². The molecule has 1 aliphatic rings. The molecule has 3 heterocycles. The molecule has 0 spiro atoms. The van der Waals surface area contributed by atoms with Crippen LogP contribution in [0.3, 0.4) is 0 Å². The monoisotopic (exact) mass is 396 g/mol. The number of likely N-dealkylation sites (tertiary alicyclic amines) is 1. The highest BCUT2D eigenvalue weighted by atomic mass is 19.1. The molecular weight excluding hydrogens is 375 g/mol. The Morgan fingerprint density at radius 2 is 2.17 bits per heavy atom. The van der Waals surface area contributed by atoms with Crippen LogP contribution in [0.4, 0.5) is 4.39 Å². The lowest BCUT2D eigenvalue weighted by Gasteiger charge is -2.32. The molecular formula is C21H21FN4O3. The minimum Gasteiger partial charge on any atom is -0.443 e. The molecule has 1 amide bonds. The van der Waals surface area contributed by atoms with Crippen molar-refractivity contribution in [2.75, 3.05) is 6.54 Å². The van der Waals surface area contributed by atoms with Gasteiger partial charge in [-0.15, -0.1) is 0 Å². The minimum atomic E-state index is -0.691. The van der Waals surface area contributed by atoms with E-state index in [-0.39, 0.29) is 18.3 Å². The molecule has 1 unspecified atom stereocenters. The van der Waals surface area contributed by atoms with E-state index in [9.17, 15) is 14.0 Å². The predicted octanol–water partition coefficient (Wildman–Crippen LogP) is 2.50. The van der Waals surface area contributed by atoms with Crippen LogP contribution in [0.15, 0.2) is 58.1 Å². The molecule has 150 valence electrons. The number of hydrogen-bond acceptors (Lipinski definition) is 5. The van der Waals surface area contributed by atoms with Crippen molar-refractivity contribution in [1.29, 1.82) is 0 Å². The van der Waals surface area contributed by atoms with E-state index in [1.807, 2.05) is 13.0 Å². The van der Waals surface area contributed by atoms with Crippen LogP contribution in [0, 0.1) is 5.82 Å². The average Bonchev–Trinajstić information content (AvgIpc) is 3.31. The summed E-state index contributed by atoms with van der Waals surface area (Å²) < 4.78 is 20.7. The molecule has 8 heteroatoms. The smallest absolute Gasteiger partial charge is 0.347 e. The van der Waals surface area contributed by atoms with E-state index in [0.29, 0.717) is 31.0 Å². The summed E-state index contributed by atoms with van der Waals surface area (Å²) in [4.78, 5) is 34.5. The van der Waals surface area contributed by atoms with Gasteiger partial charge in [0.15, 0.2) is 0 Å². The van der Waals surface area contributed by atoms with Crippen LogP contribution in [0.1, 0.15) is 37.0 Å². The molecule has 1 aliphatic heterocycles. The number of benzene rings is 1. The second-order valence-electron chi connectivity index (χ2n) is 7.39. The van der Waals surface area contributed by atoms with E-state index >= 15 is 0 Å². The second kappa shape index (κ2) is 7.62. The number of rotatable bonds is 5. The maximum Gasteiger partial charge on any atom is 0.347 e. The molecule has 1 fully saturated rings. The lowest BCUT2D eigenvalue weighted by Crippen LogP contribution is -2.45. The van der Waals surface area contributed by atoms with Crippen molar-refractivity contribution in [3.05, 3.63) is 82.4 Å². The SMILES string of the molecule is CC1(c2ncc(Cc3cccc(F)c3)o2)CCCN1C(=O)Cn1cccnc1=O. The number of hydrogen-bond donors (Lipinski definition) is 0. The van der Waals surface area contributed by atoms with Gasteiger partial charge < -0.3 is 9.32 Å². The van der Waals surface area contributed by atoms with Crippen molar-refractivity contribution in [3.63, 3.8) is 0 Å². The molecule has 29 heavy (non-hydrogen) atoms. The molecule has 0 aliphatic carbocycles. The van der Waals surface area contributed by atoms with Crippen molar-refractivity contribution in [2.45, 2.75) is 38.3 Å². The number of oxazole rings is 1. The Morgan fingerprint density at radius 3 is 2.97 bits per heavy atom. The van der Waals surface area contributed by atoms with Gasteiger partial charge in [0.1, 0.15) is 23.7 Å². The summed E-state index contributed by atoms with van der Waals surface area (Å²) in [5.41, 5.74) is -0.369. The summed E-state index contributed by atoms with van der Waals surface area (Å²) >= 11 is 0. The van der Waals surface area contributed by atoms with Crippen LogP contribution in [0.5, 0.6) is 0 Å². The summed E-state index contributed by atoms with van der Waals surface area (Å²) in [6, 6.07) is 7.95. The largest absolute Gasteiger partial charge is 0.443 e. The second-order valence-corrected chi connectivity index (χ2v) is 7.39. The highest BCUT2D eigenvalue weighted by Crippen LogP contribution is 2.38. The van der Waals surface area contributed by atoms with Crippen molar-refractivity contribution in [3.8, 4) is 0 Å². The topological polar surface area (TPSA) is 81.2 Å². The van der Waals surface area contributed by atoms with E-state index in [2.05, 4.69) is 9.97 Å². The van der Waals surface area contributed by atoms with Gasteiger partial charge in [0, 0.05) is 25.4 Å². The van der Waals surface area contributed by atoms with Crippen LogP contribution in [0.25, 0.3) is 0 Å². The minimum absolute atomic E-state index is 0.0842. The van der Waals surface area contributed by atoms with Crippen molar-refractivity contribution in [2.24, 2.45) is 0 Å². The zero-order valence-electron chi connectivity index (χ0n) is 16.0. The summed E-state index contributed by atoms with van der Waals surface area (Å²) in [6.07, 6.45) is 6.50. The van der Waals surface area contributed by atoms with E-state index in [4.69, 9.17) is 4.42 Å². The first-order chi connectivity index (χ1) is 14.0. The fourth-order valence-corrected chi connectivity index (χ4v) is 3.81. The molecule has 1 saturated heterocycles. The molecule has 1 aromatic carbocycles. The molecule has 0 N–H and O–H groups in total. The first-order valence-electron chi connectivity index (χ1n) is 9.47. The molecule has 4 rings (SSSR count). The Balaban J connectivity index is 1.54. The third kappa shape index (κ3) is 3.83. The maximum absolute atomic E-state index is 13.4. The Bertz CT molecular complexity index is 1090. The maximum atomic E-state index is 13.4. The molecule has 7 nitrogen and oxygen atoms in total. The average molecular weight is 396 g/mol. The zero-order valence-corrected chi connectivity index (χ0v) is 16.0. The molecule has 0 radical (unpaired) electrons. The van der Waals surface area contributed by atoms with Gasteiger partial charge in [-0.2, -0.15) is 0 Å². The Labute approximate surface area is 166 Å². The number of carbonyl (C=O) groups excluding carboxylic acids is 1. The summed E-state index contributed by atoms with van der Waals surface area (Å²) in [7, 11) is 0. The summed E-state index contributed by atoms with van der Waals surface area (Å²) in [5.74, 6) is 0.570. The van der Waals surface area contributed by atoms with Crippen molar-refractivity contribution < 1.29 is 13.6 Å². The van der Waals surface area contributed by atoms with Gasteiger partial charge in [-0.05, 0) is 43.5 Å². The normalized spacial score (nSPS) is 18.9. The fourth-order valence-electron chi connectivity index (χ4n) is 3.81. The molecule has 3 aromatic rings. The number of carbonyl (C=O) groups is 1. The van der Waals surface area contributed by atoms with Gasteiger partial charge in [-0.3, -0.25) is 9.36 Å². The van der Waals surface area contributed by atoms with Crippen LogP contribution >= 0.6 is 0 Å². The number of halogens is 1. The standard InChI is InChI=1S/C21H21FN4O3/c1-21(19-24-13-17(29-19)12-15-5-2-6-16(22)11-15)7-3-10-26(21)18(27)14-25-9-4-8-23-20(25)28/h2,4-6,8-9,11,13H,3,7,10,12,14H2,1H3. The predicted molar refractivity (Wildman–Crippen MR) is 103 cm³/mol. The Morgan fingerprint density at radius 1 is 1.31 bits per heavy atom. The first-order valence-corrected chi connectivity index (χ1v) is 9.47. The lowest BCUT2D eigenvalue weighted by atomic mass is 9.99. The van der Waals surface area contributed by atoms with E-state index < -0.39 is 11.2 Å². The van der Waals surface area contributed by atoms with E-state index in [0.717, 1.165) is 12.0 Å². The van der Waals surface area contributed by atoms with Crippen LogP contribution in [-0.4, -0.2) is 31.9 Å². The third-order valence-corrected chi connectivity index (χ3v) is 5.31. The van der Waals surface area contributed by atoms with Crippen LogP contribution in [0.2, 0.25) is 0 Å². The van der Waals surface area contributed by atoms with Crippen molar-refractivity contribution in [1.82, 2.24) is 19.4 Å². The lowest BCUT2D eigenvalue weighted by molar-refractivity contribution is -0.136.